The number of amides is 1. The number of carbonyl (C=O) groups excluding carboxylic acids is 1. The molecule has 27 heavy (non-hydrogen) atoms. The van der Waals surface area contributed by atoms with Crippen molar-refractivity contribution in [1.29, 1.82) is 0 Å². The average molecular weight is 379 g/mol. The number of hydrogen-bond donors (Lipinski definition) is 3. The molecule has 1 atom stereocenters. The van der Waals surface area contributed by atoms with Gasteiger partial charge in [0.2, 0.25) is 0 Å². The van der Waals surface area contributed by atoms with Crippen LogP contribution in [0.25, 0.3) is 0 Å². The normalized spacial score (nSPS) is 17.6. The highest BCUT2D eigenvalue weighted by molar-refractivity contribution is 5.99. The maximum Gasteiger partial charge on any atom is 0.253 e. The molecular formula is C20H34N4O3. The maximum atomic E-state index is 12.2. The van der Waals surface area contributed by atoms with Crippen LogP contribution >= 0.6 is 0 Å². The van der Waals surface area contributed by atoms with Gasteiger partial charge in [-0.2, -0.15) is 0 Å². The first kappa shape index (κ1) is 21.6. The van der Waals surface area contributed by atoms with E-state index in [1.807, 2.05) is 32.9 Å². The molecule has 0 aliphatic carbocycles. The number of nitrogens with one attached hydrogen (secondary N) is 1. The molecule has 1 aromatic carbocycles. The van der Waals surface area contributed by atoms with Gasteiger partial charge >= 0.3 is 0 Å². The lowest BCUT2D eigenvalue weighted by Gasteiger charge is -2.35. The number of rotatable bonds is 8. The first-order valence-electron chi connectivity index (χ1n) is 9.64. The molecule has 1 saturated heterocycles. The molecule has 1 aliphatic rings. The maximum absolute atomic E-state index is 12.2. The summed E-state index contributed by atoms with van der Waals surface area (Å²) in [6.45, 7) is 12.0. The molecule has 0 radical (unpaired) electrons. The van der Waals surface area contributed by atoms with Crippen LogP contribution in [-0.2, 0) is 4.74 Å². The van der Waals surface area contributed by atoms with Crippen molar-refractivity contribution in [2.75, 3.05) is 58.2 Å². The minimum absolute atomic E-state index is 0.131. The predicted octanol–water partition coefficient (Wildman–Crippen LogP) is 0.792. The lowest BCUT2D eigenvalue weighted by Crippen LogP contribution is -2.50. The fraction of sp³-hybridized carbons (Fsp3) is 0.650. The van der Waals surface area contributed by atoms with Crippen molar-refractivity contribution in [3.8, 4) is 0 Å². The van der Waals surface area contributed by atoms with Crippen molar-refractivity contribution in [3.05, 3.63) is 29.8 Å². The number of aliphatic hydroxyl groups is 1. The number of hydrogen-bond acceptors (Lipinski definition) is 6. The Bertz CT molecular complexity index is 595. The molecule has 152 valence electrons. The number of nitrogens with two attached hydrogens (primary N) is 1. The average Bonchev–Trinajstić information content (AvgIpc) is 2.61. The number of para-hydroxylation sites is 1. The monoisotopic (exact) mass is 378 g/mol. The first-order valence-corrected chi connectivity index (χ1v) is 9.64. The Morgan fingerprint density at radius 3 is 2.48 bits per heavy atom. The van der Waals surface area contributed by atoms with E-state index in [9.17, 15) is 9.90 Å². The van der Waals surface area contributed by atoms with Crippen molar-refractivity contribution in [3.63, 3.8) is 0 Å². The molecule has 0 aromatic heterocycles. The molecule has 0 unspecified atom stereocenters. The van der Waals surface area contributed by atoms with Gasteiger partial charge in [-0.25, -0.2) is 0 Å². The molecule has 7 nitrogen and oxygen atoms in total. The summed E-state index contributed by atoms with van der Waals surface area (Å²) in [5, 5.41) is 13.1. The van der Waals surface area contributed by atoms with Crippen LogP contribution in [0.5, 0.6) is 0 Å². The summed E-state index contributed by atoms with van der Waals surface area (Å²) in [4.78, 5) is 16.7. The Balaban J connectivity index is 1.62. The van der Waals surface area contributed by atoms with Crippen LogP contribution in [0, 0.1) is 0 Å². The van der Waals surface area contributed by atoms with Crippen LogP contribution in [0.15, 0.2) is 24.3 Å². The second kappa shape index (κ2) is 10.0. The zero-order chi connectivity index (χ0) is 19.9. The van der Waals surface area contributed by atoms with Gasteiger partial charge in [-0.15, -0.1) is 0 Å². The van der Waals surface area contributed by atoms with E-state index in [-0.39, 0.29) is 11.5 Å². The van der Waals surface area contributed by atoms with Crippen LogP contribution in [0.2, 0.25) is 0 Å². The summed E-state index contributed by atoms with van der Waals surface area (Å²) in [6, 6.07) is 7.09. The van der Waals surface area contributed by atoms with Crippen molar-refractivity contribution >= 4 is 11.6 Å². The third-order valence-corrected chi connectivity index (χ3v) is 4.56. The van der Waals surface area contributed by atoms with Crippen LogP contribution in [0.1, 0.15) is 31.1 Å². The molecule has 1 aliphatic heterocycles. The van der Waals surface area contributed by atoms with Gasteiger partial charge in [0.1, 0.15) is 0 Å². The number of anilines is 1. The van der Waals surface area contributed by atoms with E-state index < -0.39 is 6.10 Å². The number of aliphatic hydroxyl groups excluding tert-OH is 1. The van der Waals surface area contributed by atoms with Crippen molar-refractivity contribution in [1.82, 2.24) is 15.1 Å². The number of ether oxygens (including phenoxy) is 1. The Kier molecular flexibility index (Phi) is 8.04. The predicted molar refractivity (Wildman–Crippen MR) is 108 cm³/mol. The zero-order valence-corrected chi connectivity index (χ0v) is 16.8. The van der Waals surface area contributed by atoms with E-state index in [1.54, 1.807) is 12.1 Å². The molecule has 1 aromatic rings. The van der Waals surface area contributed by atoms with Crippen LogP contribution in [-0.4, -0.2) is 84.9 Å². The van der Waals surface area contributed by atoms with Crippen molar-refractivity contribution in [2.24, 2.45) is 0 Å². The highest BCUT2D eigenvalue weighted by atomic mass is 16.5. The van der Waals surface area contributed by atoms with Gasteiger partial charge in [-0.05, 0) is 32.9 Å². The topological polar surface area (TPSA) is 91.1 Å². The molecule has 0 bridgehead atoms. The summed E-state index contributed by atoms with van der Waals surface area (Å²) in [5.74, 6) is -0.131. The quantitative estimate of drug-likeness (QED) is 0.580. The Labute approximate surface area is 162 Å². The summed E-state index contributed by atoms with van der Waals surface area (Å²) in [5.41, 5.74) is 6.62. The molecular weight excluding hydrogens is 344 g/mol. The van der Waals surface area contributed by atoms with Gasteiger partial charge in [0.15, 0.2) is 0 Å². The van der Waals surface area contributed by atoms with E-state index in [2.05, 4.69) is 15.1 Å². The van der Waals surface area contributed by atoms with Crippen LogP contribution in [0.4, 0.5) is 5.69 Å². The Morgan fingerprint density at radius 1 is 1.22 bits per heavy atom. The van der Waals surface area contributed by atoms with Gasteiger partial charge in [-0.3, -0.25) is 14.6 Å². The molecule has 4 N–H and O–H groups in total. The summed E-state index contributed by atoms with van der Waals surface area (Å²) in [6.07, 6.45) is -0.466. The highest BCUT2D eigenvalue weighted by Crippen LogP contribution is 2.10. The molecule has 1 fully saturated rings. The van der Waals surface area contributed by atoms with Gasteiger partial charge < -0.3 is 20.9 Å². The standard InChI is InChI=1S/C20H34N4O3/c1-20(2,3)27-15-16(25)14-24-12-10-23(11-13-24)9-8-22-19(26)17-6-4-5-7-18(17)21/h4-7,16,25H,8-15,21H2,1-3H3,(H,22,26)/t16-/m1/s1. The SMILES string of the molecule is CC(C)(C)OC[C@H](O)CN1CCN(CCNC(=O)c2ccccc2N)CC1. The van der Waals surface area contributed by atoms with Crippen LogP contribution in [0.3, 0.4) is 0 Å². The highest BCUT2D eigenvalue weighted by Gasteiger charge is 2.20. The van der Waals surface area contributed by atoms with E-state index >= 15 is 0 Å². The number of carbonyl (C=O) groups is 1. The molecule has 7 heteroatoms. The number of nitrogen functional groups attached to an aromatic ring is 1. The zero-order valence-electron chi connectivity index (χ0n) is 16.8. The van der Waals surface area contributed by atoms with Gasteiger partial charge in [-0.1, -0.05) is 12.1 Å². The number of nitrogens with zero attached hydrogens (tertiary/aromatic N) is 2. The molecule has 0 spiro atoms. The number of β-amino-alcohol motifs (C(OH)–C–C–N with tert-alkyl or cyclic N) is 1. The van der Waals surface area contributed by atoms with E-state index in [1.165, 1.54) is 0 Å². The molecule has 1 heterocycles. The third kappa shape index (κ3) is 7.84. The number of benzene rings is 1. The second-order valence-electron chi connectivity index (χ2n) is 8.06. The molecule has 2 rings (SSSR count). The van der Waals surface area contributed by atoms with Crippen LogP contribution < -0.4 is 11.1 Å². The molecule has 0 saturated carbocycles. The first-order chi connectivity index (χ1) is 12.7. The van der Waals surface area contributed by atoms with Gasteiger partial charge in [0.05, 0.1) is 23.9 Å². The Morgan fingerprint density at radius 2 is 1.85 bits per heavy atom. The third-order valence-electron chi connectivity index (χ3n) is 4.56. The summed E-state index contributed by atoms with van der Waals surface area (Å²) in [7, 11) is 0. The lowest BCUT2D eigenvalue weighted by atomic mass is 10.1. The van der Waals surface area contributed by atoms with Gasteiger partial charge in [0.25, 0.3) is 5.91 Å². The summed E-state index contributed by atoms with van der Waals surface area (Å²) < 4.78 is 5.64. The van der Waals surface area contributed by atoms with E-state index in [0.29, 0.717) is 30.9 Å². The fourth-order valence-corrected chi connectivity index (χ4v) is 3.02. The summed E-state index contributed by atoms with van der Waals surface area (Å²) >= 11 is 0. The minimum Gasteiger partial charge on any atom is -0.398 e. The van der Waals surface area contributed by atoms with E-state index in [0.717, 1.165) is 32.7 Å². The van der Waals surface area contributed by atoms with Gasteiger partial charge in [0, 0.05) is 51.5 Å². The molecule has 1 amide bonds. The van der Waals surface area contributed by atoms with Crippen molar-refractivity contribution in [2.45, 2.75) is 32.5 Å². The minimum atomic E-state index is -0.466. The smallest absolute Gasteiger partial charge is 0.253 e. The second-order valence-corrected chi connectivity index (χ2v) is 8.06. The number of piperazine rings is 1. The van der Waals surface area contributed by atoms with E-state index in [4.69, 9.17) is 10.5 Å². The Hall–Kier alpha value is -1.67. The lowest BCUT2D eigenvalue weighted by molar-refractivity contribution is -0.0585. The fourth-order valence-electron chi connectivity index (χ4n) is 3.02. The largest absolute Gasteiger partial charge is 0.398 e. The van der Waals surface area contributed by atoms with Crippen molar-refractivity contribution < 1.29 is 14.6 Å².